The van der Waals surface area contributed by atoms with E-state index in [9.17, 15) is 4.79 Å². The number of aromatic nitrogens is 1. The number of hydrogen-bond acceptors (Lipinski definition) is 4. The molecule has 2 amide bonds. The molecule has 1 aliphatic heterocycles. The summed E-state index contributed by atoms with van der Waals surface area (Å²) >= 11 is 3.58. The van der Waals surface area contributed by atoms with Crippen LogP contribution in [-0.4, -0.2) is 17.1 Å². The standard InChI is InChI=1S/C22H26N4OS2/c1-14-15-6-2-3-7-18(15)28-20(14)25-22(27)24-12-17-16-8-9-23-13-19(16)29-21(17)26-10-4-5-11-26/h4-5,10-11,23H,2-3,6-9,12-13H2,1H3,(H2,24,25,27). The highest BCUT2D eigenvalue weighted by molar-refractivity contribution is 7.16. The van der Waals surface area contributed by atoms with Crippen molar-refractivity contribution < 1.29 is 4.79 Å². The fourth-order valence-corrected chi connectivity index (χ4v) is 7.00. The number of thiophene rings is 2. The zero-order valence-electron chi connectivity index (χ0n) is 16.6. The van der Waals surface area contributed by atoms with Crippen LogP contribution in [0.5, 0.6) is 0 Å². The Morgan fingerprint density at radius 1 is 1.10 bits per heavy atom. The van der Waals surface area contributed by atoms with Crippen molar-refractivity contribution in [2.24, 2.45) is 0 Å². The monoisotopic (exact) mass is 426 g/mol. The second-order valence-corrected chi connectivity index (χ2v) is 9.97. The normalized spacial score (nSPS) is 15.6. The Balaban J connectivity index is 1.33. The molecular weight excluding hydrogens is 400 g/mol. The lowest BCUT2D eigenvalue weighted by Crippen LogP contribution is -2.29. The molecule has 5 rings (SSSR count). The number of nitrogens with zero attached hydrogens (tertiary/aromatic N) is 1. The van der Waals surface area contributed by atoms with E-state index in [2.05, 4.69) is 39.8 Å². The van der Waals surface area contributed by atoms with Crippen molar-refractivity contribution in [3.63, 3.8) is 0 Å². The van der Waals surface area contributed by atoms with E-state index in [1.165, 1.54) is 49.9 Å². The smallest absolute Gasteiger partial charge is 0.320 e. The van der Waals surface area contributed by atoms with Crippen molar-refractivity contribution >= 4 is 33.7 Å². The van der Waals surface area contributed by atoms with Crippen LogP contribution < -0.4 is 16.0 Å². The lowest BCUT2D eigenvalue weighted by Gasteiger charge is -2.15. The number of carbonyl (C=O) groups is 1. The topological polar surface area (TPSA) is 58.1 Å². The summed E-state index contributed by atoms with van der Waals surface area (Å²) in [5.41, 5.74) is 5.37. The zero-order chi connectivity index (χ0) is 19.8. The van der Waals surface area contributed by atoms with Crippen LogP contribution >= 0.6 is 22.7 Å². The van der Waals surface area contributed by atoms with E-state index in [1.54, 1.807) is 11.3 Å². The summed E-state index contributed by atoms with van der Waals surface area (Å²) in [7, 11) is 0. The third-order valence-electron chi connectivity index (χ3n) is 5.94. The van der Waals surface area contributed by atoms with E-state index in [1.807, 2.05) is 23.5 Å². The van der Waals surface area contributed by atoms with Crippen molar-refractivity contribution in [3.05, 3.63) is 56.5 Å². The highest BCUT2D eigenvalue weighted by Gasteiger charge is 2.22. The van der Waals surface area contributed by atoms with Crippen LogP contribution in [0.2, 0.25) is 0 Å². The molecule has 3 N–H and O–H groups in total. The first kappa shape index (κ1) is 18.9. The Labute approximate surface area is 179 Å². The molecule has 152 valence electrons. The molecule has 3 aromatic heterocycles. The first-order chi connectivity index (χ1) is 14.2. The van der Waals surface area contributed by atoms with Gasteiger partial charge < -0.3 is 15.2 Å². The number of fused-ring (bicyclic) bond motifs is 2. The summed E-state index contributed by atoms with van der Waals surface area (Å²) in [6.07, 6.45) is 10.00. The second kappa shape index (κ2) is 7.97. The van der Waals surface area contributed by atoms with Gasteiger partial charge in [-0.1, -0.05) is 0 Å². The van der Waals surface area contributed by atoms with Crippen molar-refractivity contribution in [1.82, 2.24) is 15.2 Å². The lowest BCUT2D eigenvalue weighted by atomic mass is 9.96. The molecule has 0 saturated heterocycles. The summed E-state index contributed by atoms with van der Waals surface area (Å²) in [6.45, 7) is 4.60. The third-order valence-corrected chi connectivity index (χ3v) is 8.54. The minimum Gasteiger partial charge on any atom is -0.334 e. The molecule has 0 aromatic carbocycles. The number of nitrogens with one attached hydrogen (secondary N) is 3. The molecule has 29 heavy (non-hydrogen) atoms. The number of anilines is 1. The van der Waals surface area contributed by atoms with Crippen LogP contribution in [0.1, 0.15) is 44.8 Å². The quantitative estimate of drug-likeness (QED) is 0.564. The molecule has 7 heteroatoms. The van der Waals surface area contributed by atoms with Crippen molar-refractivity contribution in [1.29, 1.82) is 0 Å². The Kier molecular flexibility index (Phi) is 5.20. The van der Waals surface area contributed by atoms with E-state index < -0.39 is 0 Å². The Morgan fingerprint density at radius 2 is 1.93 bits per heavy atom. The summed E-state index contributed by atoms with van der Waals surface area (Å²) in [5, 5.41) is 11.9. The molecule has 0 fully saturated rings. The van der Waals surface area contributed by atoms with Gasteiger partial charge >= 0.3 is 6.03 Å². The number of rotatable bonds is 4. The largest absolute Gasteiger partial charge is 0.334 e. The minimum atomic E-state index is -0.112. The third kappa shape index (κ3) is 3.63. The van der Waals surface area contributed by atoms with E-state index >= 15 is 0 Å². The van der Waals surface area contributed by atoms with Crippen LogP contribution in [-0.2, 0) is 32.4 Å². The average Bonchev–Trinajstić information content (AvgIpc) is 3.45. The van der Waals surface area contributed by atoms with Gasteiger partial charge in [-0.3, -0.25) is 5.32 Å². The van der Waals surface area contributed by atoms with Gasteiger partial charge in [0.05, 0.1) is 5.00 Å². The van der Waals surface area contributed by atoms with E-state index in [0.29, 0.717) is 6.54 Å². The number of carbonyl (C=O) groups excluding carboxylic acids is 1. The van der Waals surface area contributed by atoms with Gasteiger partial charge in [0.15, 0.2) is 0 Å². The molecular formula is C22H26N4OS2. The molecule has 2 aliphatic rings. The van der Waals surface area contributed by atoms with Gasteiger partial charge in [-0.25, -0.2) is 4.79 Å². The first-order valence-corrected chi connectivity index (χ1v) is 12.0. The van der Waals surface area contributed by atoms with Crippen molar-refractivity contribution in [2.45, 2.75) is 52.1 Å². The Bertz CT molecular complexity index is 1030. The summed E-state index contributed by atoms with van der Waals surface area (Å²) in [5.74, 6) is 0. The lowest BCUT2D eigenvalue weighted by molar-refractivity contribution is 0.252. The predicted octanol–water partition coefficient (Wildman–Crippen LogP) is 4.75. The van der Waals surface area contributed by atoms with E-state index in [-0.39, 0.29) is 6.03 Å². The molecule has 5 nitrogen and oxygen atoms in total. The molecule has 4 heterocycles. The molecule has 0 spiro atoms. The maximum atomic E-state index is 12.7. The maximum Gasteiger partial charge on any atom is 0.320 e. The number of hydrogen-bond donors (Lipinski definition) is 3. The number of urea groups is 1. The molecule has 1 aliphatic carbocycles. The van der Waals surface area contributed by atoms with Crippen LogP contribution in [0.3, 0.4) is 0 Å². The average molecular weight is 427 g/mol. The molecule has 3 aromatic rings. The predicted molar refractivity (Wildman–Crippen MR) is 121 cm³/mol. The highest BCUT2D eigenvalue weighted by Crippen LogP contribution is 2.37. The Hall–Kier alpha value is -2.09. The summed E-state index contributed by atoms with van der Waals surface area (Å²) < 4.78 is 2.16. The fourth-order valence-electron chi connectivity index (χ4n) is 4.41. The SMILES string of the molecule is Cc1c(NC(=O)NCc2c(-n3cccc3)sc3c2CCNC3)sc2c1CCCC2. The van der Waals surface area contributed by atoms with Gasteiger partial charge in [0, 0.05) is 40.8 Å². The van der Waals surface area contributed by atoms with Crippen LogP contribution in [0, 0.1) is 6.92 Å². The van der Waals surface area contributed by atoms with Crippen LogP contribution in [0.4, 0.5) is 9.80 Å². The second-order valence-electron chi connectivity index (χ2n) is 7.78. The zero-order valence-corrected chi connectivity index (χ0v) is 18.3. The summed E-state index contributed by atoms with van der Waals surface area (Å²) in [4.78, 5) is 15.6. The van der Waals surface area contributed by atoms with Crippen molar-refractivity contribution in [3.8, 4) is 5.00 Å². The molecule has 0 unspecified atom stereocenters. The summed E-state index contributed by atoms with van der Waals surface area (Å²) in [6, 6.07) is 3.98. The molecule has 0 saturated carbocycles. The van der Waals surface area contributed by atoms with Gasteiger partial charge in [-0.2, -0.15) is 0 Å². The Morgan fingerprint density at radius 3 is 2.76 bits per heavy atom. The highest BCUT2D eigenvalue weighted by atomic mass is 32.1. The first-order valence-electron chi connectivity index (χ1n) is 10.3. The van der Waals surface area contributed by atoms with Gasteiger partial charge in [0.1, 0.15) is 5.00 Å². The molecule has 0 bridgehead atoms. The minimum absolute atomic E-state index is 0.112. The van der Waals surface area contributed by atoms with E-state index in [4.69, 9.17) is 0 Å². The molecule has 0 radical (unpaired) electrons. The fraction of sp³-hybridized carbons (Fsp3) is 0.409. The van der Waals surface area contributed by atoms with Gasteiger partial charge in [-0.05, 0) is 74.4 Å². The van der Waals surface area contributed by atoms with Gasteiger partial charge in [-0.15, -0.1) is 22.7 Å². The molecule has 0 atom stereocenters. The maximum absolute atomic E-state index is 12.7. The van der Waals surface area contributed by atoms with Crippen LogP contribution in [0.15, 0.2) is 24.5 Å². The van der Waals surface area contributed by atoms with Gasteiger partial charge in [0.2, 0.25) is 0 Å². The van der Waals surface area contributed by atoms with Gasteiger partial charge in [0.25, 0.3) is 0 Å². The van der Waals surface area contributed by atoms with Crippen molar-refractivity contribution in [2.75, 3.05) is 11.9 Å². The van der Waals surface area contributed by atoms with E-state index in [0.717, 1.165) is 37.4 Å². The number of aryl methyl sites for hydroxylation is 1. The van der Waals surface area contributed by atoms with Crippen LogP contribution in [0.25, 0.3) is 5.00 Å². The number of amides is 2.